The topological polar surface area (TPSA) is 27.2 Å². The average molecular weight is 549 g/mol. The van der Waals surface area contributed by atoms with Crippen molar-refractivity contribution in [3.8, 4) is 11.4 Å². The van der Waals surface area contributed by atoms with E-state index in [1.807, 2.05) is 0 Å². The van der Waals surface area contributed by atoms with E-state index in [2.05, 4.69) is 159 Å². The number of benzene rings is 6. The van der Waals surface area contributed by atoms with Crippen LogP contribution in [-0.4, -0.2) is 18.5 Å². The van der Waals surface area contributed by atoms with Crippen molar-refractivity contribution in [1.29, 1.82) is 0 Å². The van der Waals surface area contributed by atoms with Gasteiger partial charge in [0.25, 0.3) is 0 Å². The molecule has 43 heavy (non-hydrogen) atoms. The highest BCUT2D eigenvalue weighted by Crippen LogP contribution is 2.41. The lowest BCUT2D eigenvalue weighted by molar-refractivity contribution is 1.13. The van der Waals surface area contributed by atoms with E-state index in [-0.39, 0.29) is 0 Å². The number of hydrogen-bond donors (Lipinski definition) is 0. The quantitative estimate of drug-likeness (QED) is 0.198. The fourth-order valence-electron chi connectivity index (χ4n) is 7.29. The zero-order valence-electron chi connectivity index (χ0n) is 23.1. The standard InChI is InChI=1S/C39H24N4/c1-2-13-25(14-3-1)41-32-21-10-7-18-29(32)36-34(41)23-12-24-35(36)42-33-22-11-8-19-30(33)37-39(42)43-31-20-9-6-16-27(31)26-15-4-5-17-28(26)38(43)40-37/h1-24H. The summed E-state index contributed by atoms with van der Waals surface area (Å²) in [4.78, 5) is 5.40. The van der Waals surface area contributed by atoms with Gasteiger partial charge in [0.15, 0.2) is 5.65 Å². The predicted octanol–water partition coefficient (Wildman–Crippen LogP) is 9.83. The smallest absolute Gasteiger partial charge is 0.151 e. The normalized spacial score (nSPS) is 12.2. The van der Waals surface area contributed by atoms with E-state index < -0.39 is 0 Å². The van der Waals surface area contributed by atoms with Gasteiger partial charge in [-0.2, -0.15) is 0 Å². The fourth-order valence-corrected chi connectivity index (χ4v) is 7.29. The Morgan fingerprint density at radius 3 is 1.77 bits per heavy atom. The molecule has 0 amide bonds. The fraction of sp³-hybridized carbons (Fsp3) is 0. The Morgan fingerprint density at radius 2 is 0.977 bits per heavy atom. The first-order chi connectivity index (χ1) is 21.4. The Kier molecular flexibility index (Phi) is 4.42. The minimum absolute atomic E-state index is 0.984. The molecule has 0 spiro atoms. The van der Waals surface area contributed by atoms with Crippen LogP contribution in [0.3, 0.4) is 0 Å². The molecule has 0 aliphatic rings. The number of fused-ring (bicyclic) bond motifs is 13. The number of aromatic nitrogens is 4. The van der Waals surface area contributed by atoms with Gasteiger partial charge in [0.1, 0.15) is 11.2 Å². The van der Waals surface area contributed by atoms with Crippen molar-refractivity contribution in [2.75, 3.05) is 0 Å². The molecule has 200 valence electrons. The minimum Gasteiger partial charge on any atom is -0.309 e. The Bertz CT molecular complexity index is 2720. The van der Waals surface area contributed by atoms with Gasteiger partial charge in [0.05, 0.1) is 27.8 Å². The molecule has 4 heterocycles. The molecular formula is C39H24N4. The summed E-state index contributed by atoms with van der Waals surface area (Å²) in [6.07, 6.45) is 0. The lowest BCUT2D eigenvalue weighted by atomic mass is 10.1. The highest BCUT2D eigenvalue weighted by Gasteiger charge is 2.24. The largest absolute Gasteiger partial charge is 0.309 e. The van der Waals surface area contributed by atoms with Crippen LogP contribution in [0.25, 0.3) is 82.6 Å². The van der Waals surface area contributed by atoms with E-state index in [4.69, 9.17) is 4.98 Å². The van der Waals surface area contributed by atoms with Crippen molar-refractivity contribution in [3.05, 3.63) is 146 Å². The van der Waals surface area contributed by atoms with E-state index in [1.54, 1.807) is 0 Å². The number of nitrogens with zero attached hydrogens (tertiary/aromatic N) is 4. The van der Waals surface area contributed by atoms with E-state index in [0.29, 0.717) is 0 Å². The van der Waals surface area contributed by atoms with Crippen LogP contribution in [0.15, 0.2) is 146 Å². The summed E-state index contributed by atoms with van der Waals surface area (Å²) >= 11 is 0. The number of hydrogen-bond acceptors (Lipinski definition) is 1. The van der Waals surface area contributed by atoms with Crippen molar-refractivity contribution in [1.82, 2.24) is 18.5 Å². The summed E-state index contributed by atoms with van der Waals surface area (Å²) in [5, 5.41) is 7.21. The van der Waals surface area contributed by atoms with Crippen molar-refractivity contribution in [2.24, 2.45) is 0 Å². The van der Waals surface area contributed by atoms with Crippen LogP contribution in [0.2, 0.25) is 0 Å². The Morgan fingerprint density at radius 1 is 0.395 bits per heavy atom. The first-order valence-corrected chi connectivity index (χ1v) is 14.7. The maximum atomic E-state index is 5.40. The van der Waals surface area contributed by atoms with Crippen LogP contribution in [0.5, 0.6) is 0 Å². The third-order valence-electron chi connectivity index (χ3n) is 9.00. The van der Waals surface area contributed by atoms with Crippen molar-refractivity contribution in [2.45, 2.75) is 0 Å². The molecule has 0 unspecified atom stereocenters. The van der Waals surface area contributed by atoms with Gasteiger partial charge in [-0.25, -0.2) is 4.98 Å². The van der Waals surface area contributed by atoms with Crippen molar-refractivity contribution < 1.29 is 0 Å². The first kappa shape index (κ1) is 22.8. The number of imidazole rings is 1. The molecule has 4 aromatic heterocycles. The minimum atomic E-state index is 0.984. The third-order valence-corrected chi connectivity index (χ3v) is 9.00. The molecule has 4 heteroatoms. The zero-order valence-corrected chi connectivity index (χ0v) is 23.1. The van der Waals surface area contributed by atoms with Crippen molar-refractivity contribution >= 4 is 71.2 Å². The molecule has 0 fully saturated rings. The van der Waals surface area contributed by atoms with Gasteiger partial charge >= 0.3 is 0 Å². The van der Waals surface area contributed by atoms with Gasteiger partial charge in [-0.15, -0.1) is 0 Å². The molecule has 0 N–H and O–H groups in total. The summed E-state index contributed by atoms with van der Waals surface area (Å²) in [5.41, 5.74) is 10.1. The van der Waals surface area contributed by atoms with E-state index in [0.717, 1.165) is 50.0 Å². The third kappa shape index (κ3) is 2.92. The van der Waals surface area contributed by atoms with E-state index in [9.17, 15) is 0 Å². The number of para-hydroxylation sites is 4. The highest BCUT2D eigenvalue weighted by atomic mass is 15.2. The van der Waals surface area contributed by atoms with Gasteiger partial charge in [0, 0.05) is 32.6 Å². The molecule has 0 saturated heterocycles. The lowest BCUT2D eigenvalue weighted by Crippen LogP contribution is -2.00. The molecule has 0 radical (unpaired) electrons. The number of rotatable bonds is 2. The van der Waals surface area contributed by atoms with Crippen LogP contribution in [0.4, 0.5) is 0 Å². The maximum absolute atomic E-state index is 5.40. The van der Waals surface area contributed by atoms with Crippen LogP contribution >= 0.6 is 0 Å². The van der Waals surface area contributed by atoms with E-state index in [1.165, 1.54) is 32.6 Å². The molecule has 0 saturated carbocycles. The Hall–Kier alpha value is -5.87. The van der Waals surface area contributed by atoms with Crippen LogP contribution in [0, 0.1) is 0 Å². The SMILES string of the molecule is c1ccc(-n2c3ccccc3c3c(-n4c5ccccc5c5nc6c7ccccc7c7ccccc7n6c54)cccc32)cc1. The molecule has 6 aromatic carbocycles. The summed E-state index contributed by atoms with van der Waals surface area (Å²) in [6, 6.07) is 52.1. The Labute approximate surface area is 246 Å². The first-order valence-electron chi connectivity index (χ1n) is 14.7. The molecule has 0 atom stereocenters. The zero-order chi connectivity index (χ0) is 28.1. The second-order valence-corrected chi connectivity index (χ2v) is 11.2. The average Bonchev–Trinajstić information content (AvgIpc) is 3.73. The second-order valence-electron chi connectivity index (χ2n) is 11.2. The van der Waals surface area contributed by atoms with Crippen molar-refractivity contribution in [3.63, 3.8) is 0 Å². The van der Waals surface area contributed by atoms with E-state index >= 15 is 0 Å². The van der Waals surface area contributed by atoms with Gasteiger partial charge in [0.2, 0.25) is 0 Å². The molecular weight excluding hydrogens is 524 g/mol. The molecule has 4 nitrogen and oxygen atoms in total. The summed E-state index contributed by atoms with van der Waals surface area (Å²) in [6.45, 7) is 0. The Balaban J connectivity index is 1.46. The van der Waals surface area contributed by atoms with Crippen LogP contribution in [0.1, 0.15) is 0 Å². The monoisotopic (exact) mass is 548 g/mol. The molecule has 0 aliphatic carbocycles. The summed E-state index contributed by atoms with van der Waals surface area (Å²) < 4.78 is 7.20. The lowest BCUT2D eigenvalue weighted by Gasteiger charge is -2.13. The number of pyridine rings is 1. The summed E-state index contributed by atoms with van der Waals surface area (Å²) in [7, 11) is 0. The van der Waals surface area contributed by atoms with Gasteiger partial charge in [-0.3, -0.25) is 8.97 Å². The van der Waals surface area contributed by atoms with Crippen LogP contribution in [-0.2, 0) is 0 Å². The van der Waals surface area contributed by atoms with Gasteiger partial charge < -0.3 is 4.57 Å². The molecule has 10 rings (SSSR count). The predicted molar refractivity (Wildman–Crippen MR) is 179 cm³/mol. The maximum Gasteiger partial charge on any atom is 0.151 e. The van der Waals surface area contributed by atoms with Gasteiger partial charge in [-0.05, 0) is 47.9 Å². The molecule has 0 bridgehead atoms. The summed E-state index contributed by atoms with van der Waals surface area (Å²) in [5.74, 6) is 0. The van der Waals surface area contributed by atoms with Crippen LogP contribution < -0.4 is 0 Å². The second kappa shape index (κ2) is 8.34. The van der Waals surface area contributed by atoms with Gasteiger partial charge in [-0.1, -0.05) is 103 Å². The molecule has 10 aromatic rings. The highest BCUT2D eigenvalue weighted by molar-refractivity contribution is 6.19. The molecule has 0 aliphatic heterocycles.